The molecule has 0 saturated heterocycles. The van der Waals surface area contributed by atoms with Crippen molar-refractivity contribution in [2.75, 3.05) is 18.5 Å². The van der Waals surface area contributed by atoms with Gasteiger partial charge in [0, 0.05) is 5.69 Å². The van der Waals surface area contributed by atoms with Gasteiger partial charge in [0.25, 0.3) is 11.8 Å². The molecule has 2 amide bonds. The van der Waals surface area contributed by atoms with Gasteiger partial charge in [-0.3, -0.25) is 9.59 Å². The number of aliphatic hydroxyl groups is 1. The Labute approximate surface area is 144 Å². The third-order valence-electron chi connectivity index (χ3n) is 3.59. The van der Waals surface area contributed by atoms with Crippen molar-refractivity contribution in [3.63, 3.8) is 0 Å². The summed E-state index contributed by atoms with van der Waals surface area (Å²) in [5, 5.41) is 14.7. The number of amides is 2. The normalized spacial score (nSPS) is 13.0. The van der Waals surface area contributed by atoms with Crippen molar-refractivity contribution in [2.45, 2.75) is 0 Å². The van der Waals surface area contributed by atoms with Crippen molar-refractivity contribution < 1.29 is 14.7 Å². The predicted octanol–water partition coefficient (Wildman–Crippen LogP) is 1.89. The Morgan fingerprint density at radius 2 is 1.54 bits per heavy atom. The molecule has 0 bridgehead atoms. The summed E-state index contributed by atoms with van der Waals surface area (Å²) in [7, 11) is 0. The third kappa shape index (κ3) is 2.86. The molecule has 0 atom stereocenters. The second-order valence-corrected chi connectivity index (χ2v) is 5.50. The van der Waals surface area contributed by atoms with Crippen LogP contribution < -0.4 is 5.32 Å². The van der Waals surface area contributed by atoms with Crippen LogP contribution in [-0.2, 0) is 0 Å². The smallest absolute Gasteiger partial charge is 0.280 e. The van der Waals surface area contributed by atoms with Crippen LogP contribution in [0.5, 0.6) is 0 Å². The monoisotopic (exact) mass is 341 g/mol. The summed E-state index contributed by atoms with van der Waals surface area (Å²) in [6.07, 6.45) is 0. The fourth-order valence-corrected chi connectivity index (χ4v) is 2.78. The minimum atomic E-state index is -0.457. The maximum absolute atomic E-state index is 12.6. The van der Waals surface area contributed by atoms with Gasteiger partial charge in [0.2, 0.25) is 0 Å². The van der Waals surface area contributed by atoms with Gasteiger partial charge in [0.05, 0.1) is 24.3 Å². The molecule has 2 aromatic rings. The Balaban J connectivity index is 1.88. The van der Waals surface area contributed by atoms with E-state index < -0.39 is 11.8 Å². The van der Waals surface area contributed by atoms with Crippen LogP contribution in [0.4, 0.5) is 5.69 Å². The molecule has 2 aromatic carbocycles. The molecule has 0 aromatic heterocycles. The topological polar surface area (TPSA) is 72.9 Å². The fourth-order valence-electron chi connectivity index (χ4n) is 2.49. The van der Waals surface area contributed by atoms with Gasteiger partial charge in [-0.2, -0.15) is 5.01 Å². The lowest BCUT2D eigenvalue weighted by Gasteiger charge is -2.31. The second kappa shape index (κ2) is 6.77. The number of hydrazine groups is 1. The number of aliphatic hydroxyl groups excluding tert-OH is 1. The number of para-hydroxylation sites is 1. The fraction of sp³-hybridized carbons (Fsp3) is 0.118. The highest BCUT2D eigenvalue weighted by atomic mass is 32.1. The standard InChI is InChI=1S/C17H15N3O3S/c21-11-10-19(17(24)18-12-6-2-1-3-7-12)20-15(22)13-8-4-5-9-14(13)16(20)23/h1-9,21H,10-11H2,(H,18,24). The lowest BCUT2D eigenvalue weighted by atomic mass is 10.1. The number of rotatable bonds is 4. The Morgan fingerprint density at radius 1 is 1.00 bits per heavy atom. The van der Waals surface area contributed by atoms with E-state index in [0.717, 1.165) is 10.7 Å². The van der Waals surface area contributed by atoms with E-state index in [1.54, 1.807) is 24.3 Å². The van der Waals surface area contributed by atoms with Crippen molar-refractivity contribution >= 4 is 34.8 Å². The number of carbonyl (C=O) groups excluding carboxylic acids is 2. The molecule has 0 aliphatic carbocycles. The number of benzene rings is 2. The van der Waals surface area contributed by atoms with Crippen LogP contribution in [0.3, 0.4) is 0 Å². The quantitative estimate of drug-likeness (QED) is 0.654. The maximum atomic E-state index is 12.6. The number of hydrogen-bond acceptors (Lipinski definition) is 4. The minimum Gasteiger partial charge on any atom is -0.394 e. The molecule has 6 nitrogen and oxygen atoms in total. The number of anilines is 1. The number of carbonyl (C=O) groups is 2. The minimum absolute atomic E-state index is 0.0180. The number of thiocarbonyl (C=S) groups is 1. The van der Waals surface area contributed by atoms with Crippen LogP contribution in [0.2, 0.25) is 0 Å². The Hall–Kier alpha value is -2.77. The maximum Gasteiger partial charge on any atom is 0.280 e. The van der Waals surface area contributed by atoms with Crippen molar-refractivity contribution in [3.05, 3.63) is 65.7 Å². The average Bonchev–Trinajstić information content (AvgIpc) is 2.85. The molecule has 1 aliphatic heterocycles. The zero-order valence-corrected chi connectivity index (χ0v) is 13.5. The highest BCUT2D eigenvalue weighted by Crippen LogP contribution is 2.24. The third-order valence-corrected chi connectivity index (χ3v) is 3.90. The molecule has 0 spiro atoms. The first-order valence-electron chi connectivity index (χ1n) is 7.35. The van der Waals surface area contributed by atoms with Crippen molar-refractivity contribution in [2.24, 2.45) is 0 Å². The van der Waals surface area contributed by atoms with Gasteiger partial charge >= 0.3 is 0 Å². The number of imide groups is 1. The molecule has 24 heavy (non-hydrogen) atoms. The number of nitrogens with one attached hydrogen (secondary N) is 1. The first-order valence-corrected chi connectivity index (χ1v) is 7.76. The van der Waals surface area contributed by atoms with Crippen LogP contribution in [0.25, 0.3) is 0 Å². The second-order valence-electron chi connectivity index (χ2n) is 5.11. The Bertz CT molecular complexity index is 760. The van der Waals surface area contributed by atoms with Crippen molar-refractivity contribution in [3.8, 4) is 0 Å². The molecule has 1 heterocycles. The molecule has 1 aliphatic rings. The number of hydrogen-bond donors (Lipinski definition) is 2. The molecule has 0 saturated carbocycles. The van der Waals surface area contributed by atoms with Gasteiger partial charge in [-0.15, -0.1) is 0 Å². The predicted molar refractivity (Wildman–Crippen MR) is 93.4 cm³/mol. The van der Waals surface area contributed by atoms with E-state index in [1.165, 1.54) is 5.01 Å². The summed E-state index contributed by atoms with van der Waals surface area (Å²) in [6, 6.07) is 15.8. The largest absolute Gasteiger partial charge is 0.394 e. The van der Waals surface area contributed by atoms with Gasteiger partial charge in [-0.1, -0.05) is 30.3 Å². The van der Waals surface area contributed by atoms with Crippen LogP contribution in [-0.4, -0.2) is 45.2 Å². The average molecular weight is 341 g/mol. The van der Waals surface area contributed by atoms with Crippen molar-refractivity contribution in [1.82, 2.24) is 10.0 Å². The molecule has 0 radical (unpaired) electrons. The van der Waals surface area contributed by atoms with E-state index in [-0.39, 0.29) is 18.3 Å². The summed E-state index contributed by atoms with van der Waals surface area (Å²) in [6.45, 7) is -0.242. The lowest BCUT2D eigenvalue weighted by Crippen LogP contribution is -2.52. The van der Waals surface area contributed by atoms with Gasteiger partial charge in [0.1, 0.15) is 0 Å². The highest BCUT2D eigenvalue weighted by molar-refractivity contribution is 7.80. The van der Waals surface area contributed by atoms with Crippen LogP contribution in [0.15, 0.2) is 54.6 Å². The zero-order valence-electron chi connectivity index (χ0n) is 12.7. The van der Waals surface area contributed by atoms with E-state index in [9.17, 15) is 14.7 Å². The first-order chi connectivity index (χ1) is 11.6. The molecule has 0 fully saturated rings. The van der Waals surface area contributed by atoms with Crippen LogP contribution in [0.1, 0.15) is 20.7 Å². The summed E-state index contributed by atoms with van der Waals surface area (Å²) in [5.74, 6) is -0.914. The van der Waals surface area contributed by atoms with Gasteiger partial charge in [-0.05, 0) is 36.5 Å². The van der Waals surface area contributed by atoms with Gasteiger partial charge in [0.15, 0.2) is 5.11 Å². The Kier molecular flexibility index (Phi) is 4.54. The van der Waals surface area contributed by atoms with E-state index >= 15 is 0 Å². The molecule has 7 heteroatoms. The van der Waals surface area contributed by atoms with E-state index in [4.69, 9.17) is 12.2 Å². The van der Waals surface area contributed by atoms with Crippen LogP contribution in [0, 0.1) is 0 Å². The Morgan fingerprint density at radius 3 is 2.08 bits per heavy atom. The van der Waals surface area contributed by atoms with Gasteiger partial charge in [-0.25, -0.2) is 5.01 Å². The summed E-state index contributed by atoms with van der Waals surface area (Å²) < 4.78 is 0. The summed E-state index contributed by atoms with van der Waals surface area (Å²) in [5.41, 5.74) is 1.38. The molecule has 0 unspecified atom stereocenters. The first kappa shape index (κ1) is 16.1. The molecular weight excluding hydrogens is 326 g/mol. The van der Waals surface area contributed by atoms with E-state index in [0.29, 0.717) is 11.1 Å². The van der Waals surface area contributed by atoms with Crippen LogP contribution >= 0.6 is 12.2 Å². The van der Waals surface area contributed by atoms with E-state index in [2.05, 4.69) is 5.32 Å². The summed E-state index contributed by atoms with van der Waals surface area (Å²) >= 11 is 5.33. The SMILES string of the molecule is O=C1c2ccccc2C(=O)N1N(CCO)C(=S)Nc1ccccc1. The van der Waals surface area contributed by atoms with E-state index in [1.807, 2.05) is 30.3 Å². The molecule has 122 valence electrons. The van der Waals surface area contributed by atoms with Gasteiger partial charge < -0.3 is 10.4 Å². The summed E-state index contributed by atoms with van der Waals surface area (Å²) in [4.78, 5) is 25.1. The highest BCUT2D eigenvalue weighted by Gasteiger charge is 2.40. The molecular formula is C17H15N3O3S. The molecule has 3 rings (SSSR count). The number of fused-ring (bicyclic) bond motifs is 1. The van der Waals surface area contributed by atoms with Crippen molar-refractivity contribution in [1.29, 1.82) is 0 Å². The molecule has 2 N–H and O–H groups in total. The number of nitrogens with zero attached hydrogens (tertiary/aromatic N) is 2. The zero-order chi connectivity index (χ0) is 17.1. The lowest BCUT2D eigenvalue weighted by molar-refractivity contribution is 0.0261.